The molecular formula is C58H34N4. The van der Waals surface area contributed by atoms with E-state index >= 15 is 0 Å². The number of aromatic nitrogens is 4. The van der Waals surface area contributed by atoms with Gasteiger partial charge in [0.15, 0.2) is 0 Å². The lowest BCUT2D eigenvalue weighted by Gasteiger charge is -2.13. The Morgan fingerprint density at radius 2 is 0.726 bits per heavy atom. The normalized spacial score (nSPS) is 11.9. The fraction of sp³-hybridized carbons (Fsp3) is 0. The molecule has 4 heterocycles. The molecule has 13 rings (SSSR count). The standard InChI is InChI=1S/C58H34N4/c1-2-11-44-42(9-1)43-10-3-6-14-47(43)51-34-41(17-23-48(44)51)54-28-21-39-32-37(19-26-52(39)60-54)38-20-27-53-40(33-38)22-30-55(61-53)49-24-25-50(46-13-5-4-12-45(46)49)56-29-18-36-16-15-35-8-7-31-59-57(35)58(36)62-56/h1-34H. The molecule has 13 aromatic rings. The molecule has 0 aliphatic carbocycles. The molecule has 0 fully saturated rings. The Morgan fingerprint density at radius 3 is 1.35 bits per heavy atom. The van der Waals surface area contributed by atoms with Crippen molar-refractivity contribution in [1.82, 2.24) is 19.9 Å². The second kappa shape index (κ2) is 13.6. The molecule has 0 saturated carbocycles. The lowest BCUT2D eigenvalue weighted by molar-refractivity contribution is 1.37. The molecule has 62 heavy (non-hydrogen) atoms. The van der Waals surface area contributed by atoms with Crippen molar-refractivity contribution >= 4 is 86.7 Å². The molecule has 4 nitrogen and oxygen atoms in total. The summed E-state index contributed by atoms with van der Waals surface area (Å²) in [7, 11) is 0. The first-order valence-electron chi connectivity index (χ1n) is 21.0. The van der Waals surface area contributed by atoms with Gasteiger partial charge in [-0.3, -0.25) is 4.98 Å². The van der Waals surface area contributed by atoms with Crippen LogP contribution in [0.2, 0.25) is 0 Å². The molecule has 286 valence electrons. The van der Waals surface area contributed by atoms with E-state index in [1.165, 1.54) is 32.3 Å². The molecule has 0 saturated heterocycles. The Bertz CT molecular complexity index is 3970. The van der Waals surface area contributed by atoms with Gasteiger partial charge >= 0.3 is 0 Å². The summed E-state index contributed by atoms with van der Waals surface area (Å²) in [5.41, 5.74) is 12.2. The molecule has 0 aliphatic heterocycles. The smallest absolute Gasteiger partial charge is 0.0972 e. The topological polar surface area (TPSA) is 51.6 Å². The number of hydrogen-bond donors (Lipinski definition) is 0. The summed E-state index contributed by atoms with van der Waals surface area (Å²) in [5.74, 6) is 0. The van der Waals surface area contributed by atoms with Crippen LogP contribution in [0.25, 0.3) is 132 Å². The van der Waals surface area contributed by atoms with Gasteiger partial charge < -0.3 is 0 Å². The van der Waals surface area contributed by atoms with Gasteiger partial charge in [-0.05, 0) is 109 Å². The number of pyridine rings is 4. The Labute approximate surface area is 356 Å². The summed E-state index contributed by atoms with van der Waals surface area (Å²) in [4.78, 5) is 20.2. The third-order valence-corrected chi connectivity index (χ3v) is 12.7. The van der Waals surface area contributed by atoms with Crippen molar-refractivity contribution in [3.63, 3.8) is 0 Å². The first-order chi connectivity index (χ1) is 30.7. The Hall–Kier alpha value is -8.34. The monoisotopic (exact) mass is 786 g/mol. The van der Waals surface area contributed by atoms with E-state index in [0.29, 0.717) is 0 Å². The molecule has 0 radical (unpaired) electrons. The molecule has 0 aliphatic rings. The summed E-state index contributed by atoms with van der Waals surface area (Å²) in [6.07, 6.45) is 1.84. The number of benzene rings is 9. The number of fused-ring (bicyclic) bond motifs is 12. The fourth-order valence-electron chi connectivity index (χ4n) is 9.61. The van der Waals surface area contributed by atoms with Crippen LogP contribution < -0.4 is 0 Å². The lowest BCUT2D eigenvalue weighted by Crippen LogP contribution is -1.92. The van der Waals surface area contributed by atoms with E-state index in [2.05, 4.69) is 199 Å². The van der Waals surface area contributed by atoms with Gasteiger partial charge in [0.2, 0.25) is 0 Å². The highest BCUT2D eigenvalue weighted by atomic mass is 14.8. The maximum absolute atomic E-state index is 5.21. The summed E-state index contributed by atoms with van der Waals surface area (Å²) in [6.45, 7) is 0. The van der Waals surface area contributed by atoms with Gasteiger partial charge in [-0.1, -0.05) is 146 Å². The highest BCUT2D eigenvalue weighted by molar-refractivity contribution is 6.25. The molecule has 0 spiro atoms. The zero-order valence-electron chi connectivity index (χ0n) is 33.4. The first kappa shape index (κ1) is 34.5. The average Bonchev–Trinajstić information content (AvgIpc) is 3.35. The summed E-state index contributed by atoms with van der Waals surface area (Å²) in [5, 5.41) is 14.3. The third kappa shape index (κ3) is 5.47. The van der Waals surface area contributed by atoms with Crippen LogP contribution in [0, 0.1) is 0 Å². The molecular weight excluding hydrogens is 753 g/mol. The summed E-state index contributed by atoms with van der Waals surface area (Å²) < 4.78 is 0. The number of hydrogen-bond acceptors (Lipinski definition) is 4. The predicted molar refractivity (Wildman–Crippen MR) is 259 cm³/mol. The Morgan fingerprint density at radius 1 is 0.258 bits per heavy atom. The van der Waals surface area contributed by atoms with Crippen molar-refractivity contribution in [2.45, 2.75) is 0 Å². The van der Waals surface area contributed by atoms with Crippen LogP contribution in [-0.4, -0.2) is 19.9 Å². The molecule has 0 atom stereocenters. The van der Waals surface area contributed by atoms with Gasteiger partial charge in [0.25, 0.3) is 0 Å². The van der Waals surface area contributed by atoms with Crippen LogP contribution in [-0.2, 0) is 0 Å². The van der Waals surface area contributed by atoms with Gasteiger partial charge in [0.1, 0.15) is 0 Å². The van der Waals surface area contributed by atoms with Crippen LogP contribution in [0.1, 0.15) is 0 Å². The maximum atomic E-state index is 5.21. The van der Waals surface area contributed by atoms with Crippen LogP contribution in [0.4, 0.5) is 0 Å². The molecule has 4 aromatic heterocycles. The molecule has 4 heteroatoms. The van der Waals surface area contributed by atoms with E-state index in [4.69, 9.17) is 15.0 Å². The van der Waals surface area contributed by atoms with Crippen molar-refractivity contribution in [2.24, 2.45) is 0 Å². The molecule has 0 bridgehead atoms. The Kier molecular flexibility index (Phi) is 7.57. The van der Waals surface area contributed by atoms with Crippen molar-refractivity contribution in [1.29, 1.82) is 0 Å². The van der Waals surface area contributed by atoms with Gasteiger partial charge in [-0.15, -0.1) is 0 Å². The van der Waals surface area contributed by atoms with E-state index < -0.39 is 0 Å². The molecule has 0 N–H and O–H groups in total. The maximum Gasteiger partial charge on any atom is 0.0972 e. The minimum absolute atomic E-state index is 0.916. The van der Waals surface area contributed by atoms with Crippen molar-refractivity contribution in [3.8, 4) is 44.9 Å². The number of rotatable bonds is 4. The van der Waals surface area contributed by atoms with Crippen molar-refractivity contribution < 1.29 is 0 Å². The summed E-state index contributed by atoms with van der Waals surface area (Å²) >= 11 is 0. The van der Waals surface area contributed by atoms with Crippen LogP contribution in [0.15, 0.2) is 206 Å². The SMILES string of the molecule is c1cnc2c(c1)ccc1ccc(-c3ccc(-c4ccc5cc(-c6ccc7nc(-c8ccc9c%10ccccc%10c%10ccccc%10c9c8)ccc7c6)ccc5n4)c4ccccc34)nc12. The largest absolute Gasteiger partial charge is 0.254 e. The van der Waals surface area contributed by atoms with Gasteiger partial charge in [-0.25, -0.2) is 15.0 Å². The zero-order valence-corrected chi connectivity index (χ0v) is 33.4. The zero-order chi connectivity index (χ0) is 40.7. The van der Waals surface area contributed by atoms with Crippen LogP contribution in [0.3, 0.4) is 0 Å². The quantitative estimate of drug-likeness (QED) is 0.167. The van der Waals surface area contributed by atoms with E-state index in [0.717, 1.165) is 99.3 Å². The van der Waals surface area contributed by atoms with Crippen LogP contribution >= 0.6 is 0 Å². The van der Waals surface area contributed by atoms with Crippen LogP contribution in [0.5, 0.6) is 0 Å². The van der Waals surface area contributed by atoms with E-state index in [1.807, 2.05) is 12.3 Å². The first-order valence-corrected chi connectivity index (χ1v) is 21.0. The number of nitrogens with zero attached hydrogens (tertiary/aromatic N) is 4. The molecule has 0 amide bonds. The lowest BCUT2D eigenvalue weighted by atomic mass is 9.93. The van der Waals surface area contributed by atoms with Gasteiger partial charge in [0.05, 0.1) is 39.1 Å². The average molecular weight is 787 g/mol. The highest BCUT2D eigenvalue weighted by Crippen LogP contribution is 2.39. The molecule has 9 aromatic carbocycles. The highest BCUT2D eigenvalue weighted by Gasteiger charge is 2.15. The van der Waals surface area contributed by atoms with Crippen molar-refractivity contribution in [3.05, 3.63) is 206 Å². The van der Waals surface area contributed by atoms with E-state index in [1.54, 1.807) is 0 Å². The second-order valence-electron chi connectivity index (χ2n) is 16.2. The second-order valence-corrected chi connectivity index (χ2v) is 16.2. The Balaban J connectivity index is 0.824. The van der Waals surface area contributed by atoms with Gasteiger partial charge in [0, 0.05) is 44.4 Å². The summed E-state index contributed by atoms with van der Waals surface area (Å²) in [6, 6.07) is 71.5. The van der Waals surface area contributed by atoms with E-state index in [-0.39, 0.29) is 0 Å². The van der Waals surface area contributed by atoms with E-state index in [9.17, 15) is 0 Å². The van der Waals surface area contributed by atoms with Gasteiger partial charge in [-0.2, -0.15) is 0 Å². The predicted octanol–water partition coefficient (Wildman–Crippen LogP) is 15.2. The minimum atomic E-state index is 0.916. The van der Waals surface area contributed by atoms with Crippen molar-refractivity contribution in [2.75, 3.05) is 0 Å². The fourth-order valence-corrected chi connectivity index (χ4v) is 9.61. The third-order valence-electron chi connectivity index (χ3n) is 12.7. The minimum Gasteiger partial charge on any atom is -0.254 e. The molecule has 0 unspecified atom stereocenters.